The Bertz CT molecular complexity index is 671. The van der Waals surface area contributed by atoms with E-state index in [2.05, 4.69) is 21.6 Å². The van der Waals surface area contributed by atoms with Crippen molar-refractivity contribution in [2.75, 3.05) is 40.3 Å². The van der Waals surface area contributed by atoms with Crippen LogP contribution in [0.25, 0.3) is 0 Å². The van der Waals surface area contributed by atoms with Gasteiger partial charge in [-0.1, -0.05) is 35.3 Å². The van der Waals surface area contributed by atoms with Gasteiger partial charge in [0.1, 0.15) is 0 Å². The average Bonchev–Trinajstić information content (AvgIpc) is 2.73. The van der Waals surface area contributed by atoms with Crippen LogP contribution in [0.3, 0.4) is 0 Å². The summed E-state index contributed by atoms with van der Waals surface area (Å²) in [5.41, 5.74) is 1.16. The van der Waals surface area contributed by atoms with Gasteiger partial charge in [0.15, 0.2) is 0 Å². The zero-order valence-electron chi connectivity index (χ0n) is 17.6. The van der Waals surface area contributed by atoms with Gasteiger partial charge in [-0.15, -0.1) is 0 Å². The van der Waals surface area contributed by atoms with Gasteiger partial charge in [-0.3, -0.25) is 4.90 Å². The number of urea groups is 1. The molecule has 2 aliphatic rings. The Morgan fingerprint density at radius 2 is 1.90 bits per heavy atom. The van der Waals surface area contributed by atoms with Gasteiger partial charge >= 0.3 is 6.03 Å². The lowest BCUT2D eigenvalue weighted by atomic mass is 9.82. The quantitative estimate of drug-likeness (QED) is 0.681. The number of nitrogens with one attached hydrogen (secondary N) is 2. The predicted octanol–water partition coefficient (Wildman–Crippen LogP) is 4.55. The van der Waals surface area contributed by atoms with Crippen LogP contribution in [0.4, 0.5) is 4.79 Å². The number of halogens is 2. The molecule has 7 heteroatoms. The fourth-order valence-corrected chi connectivity index (χ4v) is 5.03. The molecular weight excluding hydrogens is 407 g/mol. The van der Waals surface area contributed by atoms with E-state index in [0.717, 1.165) is 51.0 Å². The van der Waals surface area contributed by atoms with Gasteiger partial charge < -0.3 is 15.5 Å². The molecule has 1 atom stereocenters. The number of carbonyl (C=O) groups excluding carboxylic acids is 1. The van der Waals surface area contributed by atoms with E-state index in [9.17, 15) is 4.79 Å². The first-order valence-electron chi connectivity index (χ1n) is 10.8. The van der Waals surface area contributed by atoms with Gasteiger partial charge in [-0.05, 0) is 56.1 Å². The molecule has 1 aromatic rings. The molecule has 1 aliphatic heterocycles. The van der Waals surface area contributed by atoms with Gasteiger partial charge in [0.2, 0.25) is 0 Å². The monoisotopic (exact) mass is 440 g/mol. The second kappa shape index (κ2) is 10.9. The lowest BCUT2D eigenvalue weighted by Crippen LogP contribution is -2.45. The second-order valence-corrected chi connectivity index (χ2v) is 9.37. The van der Waals surface area contributed by atoms with Crippen molar-refractivity contribution in [3.05, 3.63) is 33.8 Å². The minimum absolute atomic E-state index is 0.0165. The third-order valence-electron chi connectivity index (χ3n) is 6.36. The summed E-state index contributed by atoms with van der Waals surface area (Å²) in [7, 11) is 3.58. The normalized spacial score (nSPS) is 24.1. The lowest BCUT2D eigenvalue weighted by Gasteiger charge is -2.37. The summed E-state index contributed by atoms with van der Waals surface area (Å²) in [6.07, 6.45) is 6.78. The van der Waals surface area contributed by atoms with Crippen molar-refractivity contribution in [3.8, 4) is 0 Å². The summed E-state index contributed by atoms with van der Waals surface area (Å²) in [4.78, 5) is 16.0. The average molecular weight is 441 g/mol. The van der Waals surface area contributed by atoms with E-state index in [-0.39, 0.29) is 6.03 Å². The molecule has 2 amide bonds. The SMILES string of the molecule is CN(C)C(=O)NC1CCC(CCC(c2cccc(Cl)c2Cl)N2CCNCC2)CC1. The summed E-state index contributed by atoms with van der Waals surface area (Å²) < 4.78 is 0. The number of nitrogens with zero attached hydrogens (tertiary/aromatic N) is 2. The molecule has 0 spiro atoms. The number of hydrogen-bond acceptors (Lipinski definition) is 3. The van der Waals surface area contributed by atoms with Crippen molar-refractivity contribution >= 4 is 29.2 Å². The van der Waals surface area contributed by atoms with E-state index < -0.39 is 0 Å². The maximum atomic E-state index is 11.9. The van der Waals surface area contributed by atoms with E-state index in [4.69, 9.17) is 23.2 Å². The van der Waals surface area contributed by atoms with Crippen LogP contribution in [-0.4, -0.2) is 62.1 Å². The maximum absolute atomic E-state index is 11.9. The molecule has 162 valence electrons. The van der Waals surface area contributed by atoms with Gasteiger partial charge in [0, 0.05) is 52.4 Å². The van der Waals surface area contributed by atoms with Gasteiger partial charge in [0.25, 0.3) is 0 Å². The van der Waals surface area contributed by atoms with Crippen LogP contribution in [0.1, 0.15) is 50.1 Å². The van der Waals surface area contributed by atoms with E-state index in [0.29, 0.717) is 28.0 Å². The first-order valence-corrected chi connectivity index (χ1v) is 11.6. The molecule has 1 saturated carbocycles. The number of benzene rings is 1. The van der Waals surface area contributed by atoms with E-state index >= 15 is 0 Å². The molecule has 0 aromatic heterocycles. The third-order valence-corrected chi connectivity index (χ3v) is 7.20. The molecular formula is C22H34Cl2N4O. The van der Waals surface area contributed by atoms with Crippen LogP contribution in [0.15, 0.2) is 18.2 Å². The summed E-state index contributed by atoms with van der Waals surface area (Å²) in [5.74, 6) is 0.714. The van der Waals surface area contributed by atoms with Crippen LogP contribution in [0.5, 0.6) is 0 Å². The van der Waals surface area contributed by atoms with Crippen molar-refractivity contribution in [2.24, 2.45) is 5.92 Å². The van der Waals surface area contributed by atoms with Gasteiger partial charge in [-0.25, -0.2) is 4.79 Å². The third kappa shape index (κ3) is 6.24. The minimum atomic E-state index is 0.0165. The van der Waals surface area contributed by atoms with Crippen LogP contribution < -0.4 is 10.6 Å². The number of piperazine rings is 1. The van der Waals surface area contributed by atoms with Crippen LogP contribution in [-0.2, 0) is 0 Å². The molecule has 3 rings (SSSR count). The molecule has 1 aromatic carbocycles. The molecule has 1 saturated heterocycles. The molecule has 1 unspecified atom stereocenters. The zero-order valence-corrected chi connectivity index (χ0v) is 19.1. The van der Waals surface area contributed by atoms with Crippen molar-refractivity contribution in [3.63, 3.8) is 0 Å². The summed E-state index contributed by atoms with van der Waals surface area (Å²) in [6, 6.07) is 6.65. The Morgan fingerprint density at radius 3 is 2.55 bits per heavy atom. The van der Waals surface area contributed by atoms with Crippen molar-refractivity contribution in [2.45, 2.75) is 50.6 Å². The van der Waals surface area contributed by atoms with Crippen molar-refractivity contribution in [1.29, 1.82) is 0 Å². The Hall–Kier alpha value is -1.01. The Morgan fingerprint density at radius 1 is 1.21 bits per heavy atom. The summed E-state index contributed by atoms with van der Waals surface area (Å²) in [5, 5.41) is 7.92. The summed E-state index contributed by atoms with van der Waals surface area (Å²) >= 11 is 12.9. The number of carbonyl (C=O) groups is 1. The van der Waals surface area contributed by atoms with Crippen LogP contribution in [0.2, 0.25) is 10.0 Å². The Kier molecular flexibility index (Phi) is 8.48. The lowest BCUT2D eigenvalue weighted by molar-refractivity contribution is 0.152. The number of amides is 2. The molecule has 2 N–H and O–H groups in total. The van der Waals surface area contributed by atoms with Crippen LogP contribution >= 0.6 is 23.2 Å². The molecule has 0 radical (unpaired) electrons. The highest BCUT2D eigenvalue weighted by Gasteiger charge is 2.28. The molecule has 1 aliphatic carbocycles. The smallest absolute Gasteiger partial charge is 0.317 e. The fraction of sp³-hybridized carbons (Fsp3) is 0.682. The second-order valence-electron chi connectivity index (χ2n) is 8.58. The van der Waals surface area contributed by atoms with Gasteiger partial charge in [0.05, 0.1) is 10.0 Å². The first-order chi connectivity index (χ1) is 14.0. The molecule has 5 nitrogen and oxygen atoms in total. The molecule has 2 fully saturated rings. The molecule has 29 heavy (non-hydrogen) atoms. The zero-order chi connectivity index (χ0) is 20.8. The largest absolute Gasteiger partial charge is 0.335 e. The first kappa shape index (κ1) is 22.7. The van der Waals surface area contributed by atoms with Crippen LogP contribution in [0, 0.1) is 5.92 Å². The fourth-order valence-electron chi connectivity index (χ4n) is 4.60. The van der Waals surface area contributed by atoms with Crippen molar-refractivity contribution in [1.82, 2.24) is 20.4 Å². The Balaban J connectivity index is 1.58. The predicted molar refractivity (Wildman–Crippen MR) is 121 cm³/mol. The van der Waals surface area contributed by atoms with E-state index in [1.54, 1.807) is 19.0 Å². The Labute approximate surface area is 185 Å². The van der Waals surface area contributed by atoms with Gasteiger partial charge in [-0.2, -0.15) is 0 Å². The minimum Gasteiger partial charge on any atom is -0.335 e. The standard InChI is InChI=1S/C22H34Cl2N4O/c1-27(2)22(29)26-17-9-6-16(7-10-17)8-11-20(28-14-12-25-13-15-28)18-4-3-5-19(23)21(18)24/h3-5,16-17,20,25H,6-15H2,1-2H3,(H,26,29). The number of hydrogen-bond donors (Lipinski definition) is 2. The summed E-state index contributed by atoms with van der Waals surface area (Å²) in [6.45, 7) is 4.12. The van der Waals surface area contributed by atoms with E-state index in [1.165, 1.54) is 19.3 Å². The highest BCUT2D eigenvalue weighted by Crippen LogP contribution is 2.38. The number of rotatable bonds is 6. The van der Waals surface area contributed by atoms with E-state index in [1.807, 2.05) is 12.1 Å². The highest BCUT2D eigenvalue weighted by molar-refractivity contribution is 6.42. The maximum Gasteiger partial charge on any atom is 0.317 e. The highest BCUT2D eigenvalue weighted by atomic mass is 35.5. The molecule has 0 bridgehead atoms. The molecule has 1 heterocycles. The van der Waals surface area contributed by atoms with Crippen molar-refractivity contribution < 1.29 is 4.79 Å². The topological polar surface area (TPSA) is 47.6 Å².